The van der Waals surface area contributed by atoms with Crippen molar-refractivity contribution >= 4 is 5.91 Å². The highest BCUT2D eigenvalue weighted by Crippen LogP contribution is 2.49. The summed E-state index contributed by atoms with van der Waals surface area (Å²) in [7, 11) is 0. The smallest absolute Gasteiger partial charge is 0.253 e. The molecule has 6 nitrogen and oxygen atoms in total. The Kier molecular flexibility index (Phi) is 3.59. The van der Waals surface area contributed by atoms with Crippen LogP contribution in [0.4, 0.5) is 0 Å². The number of para-hydroxylation sites is 1. The van der Waals surface area contributed by atoms with Crippen molar-refractivity contribution in [3.05, 3.63) is 36.2 Å². The number of aromatic nitrogens is 4. The second kappa shape index (κ2) is 5.76. The van der Waals surface area contributed by atoms with Crippen molar-refractivity contribution in [3.63, 3.8) is 0 Å². The molecule has 120 valence electrons. The van der Waals surface area contributed by atoms with Crippen LogP contribution in [0.3, 0.4) is 0 Å². The number of carbonyl (C=O) groups excluding carboxylic acids is 1. The van der Waals surface area contributed by atoms with Crippen LogP contribution in [0.25, 0.3) is 5.69 Å². The van der Waals surface area contributed by atoms with E-state index >= 15 is 0 Å². The second-order valence-corrected chi connectivity index (χ2v) is 6.87. The Morgan fingerprint density at radius 2 is 2.17 bits per heavy atom. The Bertz CT molecular complexity index is 699. The molecule has 2 aliphatic rings. The first-order valence-electron chi connectivity index (χ1n) is 8.35. The molecule has 4 atom stereocenters. The van der Waals surface area contributed by atoms with E-state index in [0.717, 1.165) is 11.8 Å². The minimum Gasteiger partial charge on any atom is -0.349 e. The molecule has 1 amide bonds. The van der Waals surface area contributed by atoms with E-state index in [1.54, 1.807) is 0 Å². The van der Waals surface area contributed by atoms with Gasteiger partial charge in [0.25, 0.3) is 5.91 Å². The fraction of sp³-hybridized carbons (Fsp3) is 0.529. The van der Waals surface area contributed by atoms with Crippen LogP contribution >= 0.6 is 0 Å². The maximum Gasteiger partial charge on any atom is 0.253 e. The van der Waals surface area contributed by atoms with Gasteiger partial charge in [0, 0.05) is 6.04 Å². The number of hydrogen-bond donors (Lipinski definition) is 1. The minimum absolute atomic E-state index is 0.0497. The van der Waals surface area contributed by atoms with Crippen molar-refractivity contribution in [1.29, 1.82) is 0 Å². The molecular weight excluding hydrogens is 290 g/mol. The van der Waals surface area contributed by atoms with Gasteiger partial charge in [0.05, 0.1) is 11.3 Å². The maximum absolute atomic E-state index is 12.7. The van der Waals surface area contributed by atoms with E-state index in [0.29, 0.717) is 17.2 Å². The maximum atomic E-state index is 12.7. The van der Waals surface area contributed by atoms with E-state index in [9.17, 15) is 4.79 Å². The minimum atomic E-state index is -0.0497. The monoisotopic (exact) mass is 311 g/mol. The van der Waals surface area contributed by atoms with Crippen LogP contribution in [0, 0.1) is 17.8 Å². The van der Waals surface area contributed by atoms with E-state index in [4.69, 9.17) is 0 Å². The van der Waals surface area contributed by atoms with Gasteiger partial charge in [-0.2, -0.15) is 4.68 Å². The lowest BCUT2D eigenvalue weighted by Gasteiger charge is -2.28. The topological polar surface area (TPSA) is 72.7 Å². The largest absolute Gasteiger partial charge is 0.349 e. The number of fused-ring (bicyclic) bond motifs is 2. The average Bonchev–Trinajstić information content (AvgIpc) is 3.32. The summed E-state index contributed by atoms with van der Waals surface area (Å²) in [5.41, 5.74) is 1.31. The van der Waals surface area contributed by atoms with Crippen LogP contribution in [0.2, 0.25) is 0 Å². The lowest BCUT2D eigenvalue weighted by molar-refractivity contribution is 0.0915. The van der Waals surface area contributed by atoms with Crippen molar-refractivity contribution in [2.75, 3.05) is 0 Å². The molecule has 1 heterocycles. The van der Waals surface area contributed by atoms with Gasteiger partial charge in [0.1, 0.15) is 6.33 Å². The van der Waals surface area contributed by atoms with Crippen molar-refractivity contribution in [2.24, 2.45) is 17.8 Å². The van der Waals surface area contributed by atoms with Crippen LogP contribution < -0.4 is 5.32 Å². The summed E-state index contributed by atoms with van der Waals surface area (Å²) in [6.07, 6.45) is 6.83. The fourth-order valence-electron chi connectivity index (χ4n) is 4.43. The molecule has 0 saturated heterocycles. The van der Waals surface area contributed by atoms with Crippen molar-refractivity contribution < 1.29 is 4.79 Å². The van der Waals surface area contributed by atoms with Gasteiger partial charge >= 0.3 is 0 Å². The summed E-state index contributed by atoms with van der Waals surface area (Å²) < 4.78 is 1.52. The molecule has 1 aromatic heterocycles. The Morgan fingerprint density at radius 1 is 1.30 bits per heavy atom. The molecule has 1 N–H and O–H groups in total. The summed E-state index contributed by atoms with van der Waals surface area (Å²) in [5.74, 6) is 2.26. The highest BCUT2D eigenvalue weighted by molar-refractivity contribution is 5.97. The molecule has 2 saturated carbocycles. The Balaban J connectivity index is 1.51. The number of benzene rings is 1. The van der Waals surface area contributed by atoms with E-state index in [1.165, 1.54) is 36.7 Å². The Morgan fingerprint density at radius 3 is 2.87 bits per heavy atom. The highest BCUT2D eigenvalue weighted by Gasteiger charge is 2.42. The summed E-state index contributed by atoms with van der Waals surface area (Å²) in [5, 5.41) is 14.4. The molecule has 4 rings (SSSR count). The molecule has 2 aromatic rings. The first-order valence-corrected chi connectivity index (χ1v) is 8.35. The standard InChI is InChI=1S/C17H21N5O/c1-11(15-9-12-6-7-13(15)8-12)19-17(23)14-4-2-3-5-16(14)22-10-18-20-21-22/h2-5,10-13,15H,6-9H2,1H3,(H,19,23)/t11-,12+,13+,15+/m1/s1. The molecule has 0 spiro atoms. The van der Waals surface area contributed by atoms with Crippen molar-refractivity contribution in [3.8, 4) is 5.69 Å². The van der Waals surface area contributed by atoms with Gasteiger partial charge in [-0.3, -0.25) is 4.79 Å². The number of carbonyl (C=O) groups is 1. The molecule has 6 heteroatoms. The van der Waals surface area contributed by atoms with E-state index in [-0.39, 0.29) is 11.9 Å². The molecule has 23 heavy (non-hydrogen) atoms. The molecule has 0 aliphatic heterocycles. The van der Waals surface area contributed by atoms with Crippen LogP contribution in [0.15, 0.2) is 30.6 Å². The first-order chi connectivity index (χ1) is 11.2. The predicted molar refractivity (Wildman–Crippen MR) is 85.0 cm³/mol. The van der Waals surface area contributed by atoms with Crippen LogP contribution in [0.5, 0.6) is 0 Å². The van der Waals surface area contributed by atoms with Crippen LogP contribution in [-0.4, -0.2) is 32.2 Å². The second-order valence-electron chi connectivity index (χ2n) is 6.87. The third kappa shape index (κ3) is 2.62. The van der Waals surface area contributed by atoms with Gasteiger partial charge in [-0.1, -0.05) is 18.6 Å². The Labute approximate surface area is 135 Å². The van der Waals surface area contributed by atoms with Gasteiger partial charge in [0.15, 0.2) is 0 Å². The molecular formula is C17H21N5O. The van der Waals surface area contributed by atoms with Gasteiger partial charge in [-0.05, 0) is 66.5 Å². The van der Waals surface area contributed by atoms with E-state index in [1.807, 2.05) is 24.3 Å². The number of hydrogen-bond acceptors (Lipinski definition) is 4. The first kappa shape index (κ1) is 14.4. The summed E-state index contributed by atoms with van der Waals surface area (Å²) >= 11 is 0. The molecule has 0 unspecified atom stereocenters. The van der Waals surface area contributed by atoms with E-state index < -0.39 is 0 Å². The number of amides is 1. The molecule has 2 bridgehead atoms. The number of tetrazole rings is 1. The zero-order valence-electron chi connectivity index (χ0n) is 13.2. The summed E-state index contributed by atoms with van der Waals surface area (Å²) in [6, 6.07) is 7.63. The van der Waals surface area contributed by atoms with Gasteiger partial charge in [-0.15, -0.1) is 5.10 Å². The molecule has 1 aromatic carbocycles. The summed E-state index contributed by atoms with van der Waals surface area (Å²) in [4.78, 5) is 12.7. The highest BCUT2D eigenvalue weighted by atomic mass is 16.1. The fourth-order valence-corrected chi connectivity index (χ4v) is 4.43. The molecule has 0 radical (unpaired) electrons. The SMILES string of the molecule is C[C@@H](NC(=O)c1ccccc1-n1cnnn1)[C@@H]1C[C@H]2CC[C@H]1C2. The van der Waals surface area contributed by atoms with Gasteiger partial charge in [-0.25, -0.2) is 0 Å². The zero-order chi connectivity index (χ0) is 15.8. The van der Waals surface area contributed by atoms with Crippen molar-refractivity contribution in [2.45, 2.75) is 38.6 Å². The van der Waals surface area contributed by atoms with Gasteiger partial charge in [0.2, 0.25) is 0 Å². The number of nitrogens with one attached hydrogen (secondary N) is 1. The number of rotatable bonds is 4. The predicted octanol–water partition coefficient (Wildman–Crippen LogP) is 2.22. The van der Waals surface area contributed by atoms with Crippen LogP contribution in [-0.2, 0) is 0 Å². The average molecular weight is 311 g/mol. The third-order valence-corrected chi connectivity index (χ3v) is 5.54. The zero-order valence-corrected chi connectivity index (χ0v) is 13.2. The normalized spacial score (nSPS) is 27.1. The van der Waals surface area contributed by atoms with Crippen LogP contribution in [0.1, 0.15) is 43.0 Å². The molecule has 2 fully saturated rings. The summed E-state index contributed by atoms with van der Waals surface area (Å²) in [6.45, 7) is 2.14. The lowest BCUT2D eigenvalue weighted by atomic mass is 9.84. The van der Waals surface area contributed by atoms with Crippen molar-refractivity contribution in [1.82, 2.24) is 25.5 Å². The Hall–Kier alpha value is -2.24. The molecule has 2 aliphatic carbocycles. The van der Waals surface area contributed by atoms with Gasteiger partial charge < -0.3 is 5.32 Å². The third-order valence-electron chi connectivity index (χ3n) is 5.54. The van der Waals surface area contributed by atoms with E-state index in [2.05, 4.69) is 27.8 Å². The quantitative estimate of drug-likeness (QED) is 0.939. The number of nitrogens with zero attached hydrogens (tertiary/aromatic N) is 4. The lowest BCUT2D eigenvalue weighted by Crippen LogP contribution is -2.40.